The molecule has 2 rings (SSSR count). The lowest BCUT2D eigenvalue weighted by molar-refractivity contribution is -0.137. The zero-order chi connectivity index (χ0) is 13.9. The van der Waals surface area contributed by atoms with Crippen LogP contribution in [0.3, 0.4) is 0 Å². The molecule has 0 radical (unpaired) electrons. The van der Waals surface area contributed by atoms with E-state index in [2.05, 4.69) is 4.98 Å². The summed E-state index contributed by atoms with van der Waals surface area (Å²) in [4.78, 5) is 3.97. The lowest BCUT2D eigenvalue weighted by atomic mass is 10.2. The molecule has 0 spiro atoms. The van der Waals surface area contributed by atoms with Gasteiger partial charge in [-0.25, -0.2) is 4.98 Å². The molecule has 0 atom stereocenters. The van der Waals surface area contributed by atoms with E-state index in [9.17, 15) is 13.2 Å². The van der Waals surface area contributed by atoms with Crippen molar-refractivity contribution in [2.24, 2.45) is 0 Å². The number of aryl methyl sites for hydroxylation is 1. The first kappa shape index (κ1) is 13.5. The average molecular weight is 270 g/mol. The Bertz CT molecular complexity index is 549. The van der Waals surface area contributed by atoms with Crippen molar-refractivity contribution in [3.05, 3.63) is 48.0 Å². The van der Waals surface area contributed by atoms with Gasteiger partial charge in [0.05, 0.1) is 23.8 Å². The summed E-state index contributed by atoms with van der Waals surface area (Å²) in [6, 6.07) is 4.84. The number of alkyl halides is 3. The Morgan fingerprint density at radius 2 is 2.11 bits per heavy atom. The largest absolute Gasteiger partial charge is 0.487 e. The molecule has 102 valence electrons. The van der Waals surface area contributed by atoms with Crippen molar-refractivity contribution < 1.29 is 17.9 Å². The maximum absolute atomic E-state index is 12.5. The predicted octanol–water partition coefficient (Wildman–Crippen LogP) is 3.50. The fraction of sp³-hybridized carbons (Fsp3) is 0.308. The van der Waals surface area contributed by atoms with E-state index >= 15 is 0 Å². The third-order valence-corrected chi connectivity index (χ3v) is 2.69. The van der Waals surface area contributed by atoms with E-state index < -0.39 is 11.7 Å². The third kappa shape index (κ3) is 3.27. The van der Waals surface area contributed by atoms with Gasteiger partial charge in [-0.2, -0.15) is 13.2 Å². The molecule has 2 aromatic rings. The van der Waals surface area contributed by atoms with Gasteiger partial charge in [-0.15, -0.1) is 0 Å². The number of nitrogens with zero attached hydrogens (tertiary/aromatic N) is 2. The van der Waals surface area contributed by atoms with Crippen molar-refractivity contribution in [1.29, 1.82) is 0 Å². The Balaban J connectivity index is 2.08. The molecule has 6 heteroatoms. The molecular formula is C13H13F3N2O. The number of imidazole rings is 1. The molecule has 0 saturated carbocycles. The van der Waals surface area contributed by atoms with Crippen molar-refractivity contribution in [1.82, 2.24) is 9.55 Å². The number of rotatable bonds is 4. The highest BCUT2D eigenvalue weighted by Crippen LogP contribution is 2.31. The summed E-state index contributed by atoms with van der Waals surface area (Å²) in [5.41, 5.74) is 0.105. The quantitative estimate of drug-likeness (QED) is 0.850. The van der Waals surface area contributed by atoms with Gasteiger partial charge in [0.2, 0.25) is 0 Å². The third-order valence-electron chi connectivity index (χ3n) is 2.69. The highest BCUT2D eigenvalue weighted by molar-refractivity contribution is 5.30. The Kier molecular flexibility index (Phi) is 3.78. The highest BCUT2D eigenvalue weighted by Gasteiger charge is 2.30. The Labute approximate surface area is 108 Å². The van der Waals surface area contributed by atoms with E-state index in [1.807, 2.05) is 11.5 Å². The number of halogens is 3. The molecule has 0 aliphatic heterocycles. The van der Waals surface area contributed by atoms with Gasteiger partial charge in [0.25, 0.3) is 0 Å². The standard InChI is InChI=1S/C13H13F3N2O/c1-2-18-9-17-7-11(18)8-19-12-5-3-4-10(6-12)13(14,15)16/h3-7,9H,2,8H2,1H3. The zero-order valence-corrected chi connectivity index (χ0v) is 10.3. The molecular weight excluding hydrogens is 257 g/mol. The van der Waals surface area contributed by atoms with Crippen LogP contribution < -0.4 is 4.74 Å². The Hall–Kier alpha value is -1.98. The molecule has 0 aliphatic carbocycles. The van der Waals surface area contributed by atoms with Gasteiger partial charge in [-0.1, -0.05) is 6.07 Å². The van der Waals surface area contributed by atoms with Crippen molar-refractivity contribution in [2.45, 2.75) is 26.3 Å². The number of hydrogen-bond acceptors (Lipinski definition) is 2. The number of benzene rings is 1. The topological polar surface area (TPSA) is 27.1 Å². The molecule has 1 aromatic heterocycles. The number of hydrogen-bond donors (Lipinski definition) is 0. The first-order chi connectivity index (χ1) is 9.00. The minimum Gasteiger partial charge on any atom is -0.487 e. The molecule has 0 fully saturated rings. The number of ether oxygens (including phenoxy) is 1. The molecule has 0 saturated heterocycles. The van der Waals surface area contributed by atoms with Crippen LogP contribution in [0, 0.1) is 0 Å². The smallest absolute Gasteiger partial charge is 0.416 e. The van der Waals surface area contributed by atoms with E-state index in [1.165, 1.54) is 12.1 Å². The van der Waals surface area contributed by atoms with Crippen LogP contribution in [0.15, 0.2) is 36.8 Å². The van der Waals surface area contributed by atoms with Gasteiger partial charge in [0, 0.05) is 6.54 Å². The van der Waals surface area contributed by atoms with Crippen LogP contribution in [0.2, 0.25) is 0 Å². The zero-order valence-electron chi connectivity index (χ0n) is 10.3. The van der Waals surface area contributed by atoms with E-state index in [-0.39, 0.29) is 12.4 Å². The van der Waals surface area contributed by atoms with Crippen LogP contribution in [0.25, 0.3) is 0 Å². The molecule has 0 N–H and O–H groups in total. The molecule has 1 heterocycles. The van der Waals surface area contributed by atoms with Gasteiger partial charge in [0.1, 0.15) is 12.4 Å². The molecule has 0 unspecified atom stereocenters. The van der Waals surface area contributed by atoms with E-state index in [4.69, 9.17) is 4.74 Å². The summed E-state index contributed by atoms with van der Waals surface area (Å²) in [5.74, 6) is 0.193. The molecule has 19 heavy (non-hydrogen) atoms. The van der Waals surface area contributed by atoms with Crippen molar-refractivity contribution in [3.63, 3.8) is 0 Å². The Morgan fingerprint density at radius 1 is 1.32 bits per heavy atom. The van der Waals surface area contributed by atoms with Gasteiger partial charge in [-0.05, 0) is 25.1 Å². The van der Waals surface area contributed by atoms with Crippen LogP contribution >= 0.6 is 0 Å². The summed E-state index contributed by atoms with van der Waals surface area (Å²) in [5, 5.41) is 0. The summed E-state index contributed by atoms with van der Waals surface area (Å²) in [7, 11) is 0. The average Bonchev–Trinajstić information content (AvgIpc) is 2.83. The van der Waals surface area contributed by atoms with E-state index in [0.717, 1.165) is 24.4 Å². The van der Waals surface area contributed by atoms with E-state index in [0.29, 0.717) is 0 Å². The maximum atomic E-state index is 12.5. The van der Waals surface area contributed by atoms with Crippen LogP contribution in [0.1, 0.15) is 18.2 Å². The summed E-state index contributed by atoms with van der Waals surface area (Å²) < 4.78 is 44.8. The normalized spacial score (nSPS) is 11.6. The fourth-order valence-electron chi connectivity index (χ4n) is 1.67. The fourth-order valence-corrected chi connectivity index (χ4v) is 1.67. The monoisotopic (exact) mass is 270 g/mol. The summed E-state index contributed by atoms with van der Waals surface area (Å²) in [6.45, 7) is 2.88. The molecule has 3 nitrogen and oxygen atoms in total. The molecule has 0 bridgehead atoms. The molecule has 0 amide bonds. The van der Waals surface area contributed by atoms with Crippen molar-refractivity contribution in [3.8, 4) is 5.75 Å². The minimum absolute atomic E-state index is 0.190. The lowest BCUT2D eigenvalue weighted by Crippen LogP contribution is -2.06. The Morgan fingerprint density at radius 3 is 2.79 bits per heavy atom. The van der Waals surface area contributed by atoms with Crippen LogP contribution in [-0.4, -0.2) is 9.55 Å². The lowest BCUT2D eigenvalue weighted by Gasteiger charge is -2.11. The van der Waals surface area contributed by atoms with Gasteiger partial charge in [-0.3, -0.25) is 0 Å². The minimum atomic E-state index is -4.36. The van der Waals surface area contributed by atoms with Gasteiger partial charge in [0.15, 0.2) is 0 Å². The molecule has 1 aromatic carbocycles. The van der Waals surface area contributed by atoms with Crippen molar-refractivity contribution >= 4 is 0 Å². The first-order valence-electron chi connectivity index (χ1n) is 5.79. The van der Waals surface area contributed by atoms with Crippen molar-refractivity contribution in [2.75, 3.05) is 0 Å². The second-order valence-electron chi connectivity index (χ2n) is 3.99. The summed E-state index contributed by atoms with van der Waals surface area (Å²) >= 11 is 0. The van der Waals surface area contributed by atoms with Gasteiger partial charge >= 0.3 is 6.18 Å². The second-order valence-corrected chi connectivity index (χ2v) is 3.99. The molecule has 0 aliphatic rings. The summed E-state index contributed by atoms with van der Waals surface area (Å²) in [6.07, 6.45) is -1.06. The maximum Gasteiger partial charge on any atom is 0.416 e. The van der Waals surface area contributed by atoms with E-state index in [1.54, 1.807) is 12.5 Å². The van der Waals surface area contributed by atoms with Crippen LogP contribution in [-0.2, 0) is 19.3 Å². The second kappa shape index (κ2) is 5.34. The number of aromatic nitrogens is 2. The first-order valence-corrected chi connectivity index (χ1v) is 5.79. The van der Waals surface area contributed by atoms with Crippen LogP contribution in [0.4, 0.5) is 13.2 Å². The SMILES string of the molecule is CCn1cncc1COc1cccc(C(F)(F)F)c1. The predicted molar refractivity (Wildman–Crippen MR) is 63.7 cm³/mol. The highest BCUT2D eigenvalue weighted by atomic mass is 19.4. The van der Waals surface area contributed by atoms with Crippen LogP contribution in [0.5, 0.6) is 5.75 Å². The van der Waals surface area contributed by atoms with Gasteiger partial charge < -0.3 is 9.30 Å².